The maximum atomic E-state index is 6.25. The Hall–Kier alpha value is -0.820. The lowest BCUT2D eigenvalue weighted by molar-refractivity contribution is 0.157. The quantitative estimate of drug-likeness (QED) is 0.807. The Morgan fingerprint density at radius 3 is 2.62 bits per heavy atom. The number of nitrogens with two attached hydrogens (primary N) is 1. The van der Waals surface area contributed by atoms with Gasteiger partial charge < -0.3 is 5.73 Å². The fourth-order valence-electron chi connectivity index (χ4n) is 2.90. The smallest absolute Gasteiger partial charge is 0.00707 e. The van der Waals surface area contributed by atoms with Crippen molar-refractivity contribution in [3.05, 3.63) is 35.9 Å². The molecule has 2 N–H and O–H groups in total. The van der Waals surface area contributed by atoms with Crippen LogP contribution in [-0.4, -0.2) is 6.04 Å². The molecule has 0 radical (unpaired) electrons. The van der Waals surface area contributed by atoms with E-state index in [2.05, 4.69) is 44.2 Å². The van der Waals surface area contributed by atoms with Crippen molar-refractivity contribution in [1.29, 1.82) is 0 Å². The zero-order valence-electron chi connectivity index (χ0n) is 10.4. The minimum atomic E-state index is 0.397. The summed E-state index contributed by atoms with van der Waals surface area (Å²) in [6, 6.07) is 11.1. The molecular weight excluding hydrogens is 194 g/mol. The van der Waals surface area contributed by atoms with Crippen molar-refractivity contribution in [3.63, 3.8) is 0 Å². The largest absolute Gasteiger partial charge is 0.327 e. The molecule has 1 aromatic carbocycles. The molecule has 1 aliphatic rings. The van der Waals surface area contributed by atoms with E-state index in [9.17, 15) is 0 Å². The van der Waals surface area contributed by atoms with Crippen molar-refractivity contribution >= 4 is 0 Å². The second-order valence-corrected chi connectivity index (χ2v) is 6.02. The molecule has 0 saturated heterocycles. The third kappa shape index (κ3) is 2.85. The van der Waals surface area contributed by atoms with Gasteiger partial charge in [0.25, 0.3) is 0 Å². The van der Waals surface area contributed by atoms with Gasteiger partial charge in [-0.3, -0.25) is 0 Å². The average Bonchev–Trinajstić information content (AvgIpc) is 2.25. The van der Waals surface area contributed by atoms with Gasteiger partial charge in [0.05, 0.1) is 0 Å². The summed E-state index contributed by atoms with van der Waals surface area (Å²) in [5.41, 5.74) is 8.16. The average molecular weight is 217 g/mol. The molecule has 1 saturated carbocycles. The minimum absolute atomic E-state index is 0.397. The highest BCUT2D eigenvalue weighted by atomic mass is 14.7. The summed E-state index contributed by atoms with van der Waals surface area (Å²) >= 11 is 0. The van der Waals surface area contributed by atoms with Crippen LogP contribution < -0.4 is 5.73 Å². The van der Waals surface area contributed by atoms with Crippen molar-refractivity contribution in [2.75, 3.05) is 0 Å². The maximum Gasteiger partial charge on any atom is 0.00707 e. The van der Waals surface area contributed by atoms with Crippen LogP contribution in [0.1, 0.15) is 38.7 Å². The molecule has 0 spiro atoms. The van der Waals surface area contributed by atoms with Crippen LogP contribution in [0.4, 0.5) is 0 Å². The summed E-state index contributed by atoms with van der Waals surface area (Å²) in [5, 5.41) is 0. The highest BCUT2D eigenvalue weighted by Gasteiger charge is 2.32. The summed E-state index contributed by atoms with van der Waals surface area (Å²) in [7, 11) is 0. The monoisotopic (exact) mass is 217 g/mol. The second kappa shape index (κ2) is 4.58. The first kappa shape index (κ1) is 11.7. The molecular formula is C15H23N. The number of rotatable bonds is 2. The molecule has 2 unspecified atom stereocenters. The van der Waals surface area contributed by atoms with Crippen molar-refractivity contribution in [2.24, 2.45) is 17.1 Å². The number of benzene rings is 1. The van der Waals surface area contributed by atoms with Crippen LogP contribution in [0.3, 0.4) is 0 Å². The van der Waals surface area contributed by atoms with Crippen LogP contribution in [0.15, 0.2) is 30.3 Å². The van der Waals surface area contributed by atoms with E-state index < -0.39 is 0 Å². The van der Waals surface area contributed by atoms with E-state index >= 15 is 0 Å². The fourth-order valence-corrected chi connectivity index (χ4v) is 2.90. The Labute approximate surface area is 99.0 Å². The van der Waals surface area contributed by atoms with Gasteiger partial charge in [0.1, 0.15) is 0 Å². The van der Waals surface area contributed by atoms with Crippen molar-refractivity contribution in [2.45, 2.75) is 45.6 Å². The molecule has 88 valence electrons. The van der Waals surface area contributed by atoms with Crippen molar-refractivity contribution in [3.8, 4) is 0 Å². The Morgan fingerprint density at radius 1 is 1.25 bits per heavy atom. The first-order valence-corrected chi connectivity index (χ1v) is 6.36. The molecule has 1 nitrogen and oxygen atoms in total. The zero-order chi connectivity index (χ0) is 11.6. The maximum absolute atomic E-state index is 6.25. The first-order chi connectivity index (χ1) is 7.57. The Balaban J connectivity index is 2.03. The highest BCUT2D eigenvalue weighted by Crippen LogP contribution is 2.39. The van der Waals surface area contributed by atoms with Gasteiger partial charge >= 0.3 is 0 Å². The van der Waals surface area contributed by atoms with E-state index in [-0.39, 0.29) is 0 Å². The molecule has 0 heterocycles. The predicted octanol–water partition coefficient (Wildman–Crippen LogP) is 3.38. The molecule has 1 fully saturated rings. The zero-order valence-corrected chi connectivity index (χ0v) is 10.4. The van der Waals surface area contributed by atoms with Gasteiger partial charge in [-0.2, -0.15) is 0 Å². The summed E-state index contributed by atoms with van der Waals surface area (Å²) in [6.45, 7) is 4.74. The lowest BCUT2D eigenvalue weighted by atomic mass is 9.68. The molecule has 0 aromatic heterocycles. The van der Waals surface area contributed by atoms with Crippen LogP contribution in [0, 0.1) is 11.3 Å². The van der Waals surface area contributed by atoms with Crippen LogP contribution in [0.5, 0.6) is 0 Å². The third-order valence-electron chi connectivity index (χ3n) is 3.92. The van der Waals surface area contributed by atoms with E-state index in [4.69, 9.17) is 5.73 Å². The van der Waals surface area contributed by atoms with Gasteiger partial charge in [-0.1, -0.05) is 44.2 Å². The molecule has 0 bridgehead atoms. The second-order valence-electron chi connectivity index (χ2n) is 6.02. The van der Waals surface area contributed by atoms with E-state index in [1.165, 1.54) is 24.8 Å². The van der Waals surface area contributed by atoms with E-state index in [1.54, 1.807) is 0 Å². The highest BCUT2D eigenvalue weighted by molar-refractivity contribution is 5.16. The molecule has 0 amide bonds. The molecule has 2 rings (SSSR count). The van der Waals surface area contributed by atoms with Gasteiger partial charge in [-0.25, -0.2) is 0 Å². The third-order valence-corrected chi connectivity index (χ3v) is 3.92. The van der Waals surface area contributed by atoms with Gasteiger partial charge in [0.15, 0.2) is 0 Å². The van der Waals surface area contributed by atoms with E-state index in [0.29, 0.717) is 17.4 Å². The van der Waals surface area contributed by atoms with E-state index in [1.807, 2.05) is 0 Å². The predicted molar refractivity (Wildman–Crippen MR) is 69.2 cm³/mol. The Bertz CT molecular complexity index is 329. The van der Waals surface area contributed by atoms with Crippen molar-refractivity contribution < 1.29 is 0 Å². The molecule has 2 atom stereocenters. The normalized spacial score (nSPS) is 28.9. The molecule has 16 heavy (non-hydrogen) atoms. The number of hydrogen-bond donors (Lipinski definition) is 1. The van der Waals surface area contributed by atoms with Crippen molar-refractivity contribution in [1.82, 2.24) is 0 Å². The summed E-state index contributed by atoms with van der Waals surface area (Å²) in [6.07, 6.45) is 4.87. The summed E-state index contributed by atoms with van der Waals surface area (Å²) in [5.74, 6) is 0.658. The molecule has 0 aliphatic heterocycles. The van der Waals surface area contributed by atoms with Crippen LogP contribution in [0.2, 0.25) is 0 Å². The Morgan fingerprint density at radius 2 is 1.94 bits per heavy atom. The number of hydrogen-bond acceptors (Lipinski definition) is 1. The van der Waals surface area contributed by atoms with Crippen LogP contribution in [-0.2, 0) is 6.42 Å². The first-order valence-electron chi connectivity index (χ1n) is 6.36. The van der Waals surface area contributed by atoms with Crippen LogP contribution in [0.25, 0.3) is 0 Å². The Kier molecular flexibility index (Phi) is 3.34. The topological polar surface area (TPSA) is 26.0 Å². The van der Waals surface area contributed by atoms with Crippen LogP contribution >= 0.6 is 0 Å². The summed E-state index contributed by atoms with van der Waals surface area (Å²) < 4.78 is 0. The molecule has 1 aliphatic carbocycles. The minimum Gasteiger partial charge on any atom is -0.327 e. The molecule has 1 aromatic rings. The van der Waals surface area contributed by atoms with Gasteiger partial charge in [0.2, 0.25) is 0 Å². The van der Waals surface area contributed by atoms with E-state index in [0.717, 1.165) is 6.42 Å². The van der Waals surface area contributed by atoms with Gasteiger partial charge in [-0.15, -0.1) is 0 Å². The van der Waals surface area contributed by atoms with Gasteiger partial charge in [0, 0.05) is 6.04 Å². The SMILES string of the molecule is CC1(C)CCC(N)C(Cc2ccccc2)C1. The lowest BCUT2D eigenvalue weighted by Gasteiger charge is -2.39. The van der Waals surface area contributed by atoms with Gasteiger partial charge in [-0.05, 0) is 42.6 Å². The standard InChI is InChI=1S/C15H23N/c1-15(2)9-8-14(16)13(11-15)10-12-6-4-3-5-7-12/h3-7,13-14H,8-11,16H2,1-2H3. The molecule has 1 heteroatoms. The lowest BCUT2D eigenvalue weighted by Crippen LogP contribution is -2.40. The summed E-state index contributed by atoms with van der Waals surface area (Å²) in [4.78, 5) is 0. The fraction of sp³-hybridized carbons (Fsp3) is 0.600.